The van der Waals surface area contributed by atoms with Crippen LogP contribution in [0.5, 0.6) is 11.5 Å². The molecule has 3 aromatic rings. The summed E-state index contributed by atoms with van der Waals surface area (Å²) in [7, 11) is -1.81. The predicted molar refractivity (Wildman–Crippen MR) is 123 cm³/mol. The first-order valence-electron chi connectivity index (χ1n) is 8.87. The van der Waals surface area contributed by atoms with Crippen LogP contribution < -0.4 is 14.8 Å². The van der Waals surface area contributed by atoms with Crippen molar-refractivity contribution in [3.05, 3.63) is 86.9 Å². The molecule has 0 aliphatic rings. The molecule has 3 aromatic carbocycles. The normalized spacial score (nSPS) is 12.7. The van der Waals surface area contributed by atoms with Crippen LogP contribution in [0.15, 0.2) is 60.7 Å². The summed E-state index contributed by atoms with van der Waals surface area (Å²) in [4.78, 5) is 27.5. The largest absolute Gasteiger partial charge is 0.496 e. The van der Waals surface area contributed by atoms with Crippen molar-refractivity contribution in [3.63, 3.8) is 0 Å². The van der Waals surface area contributed by atoms with Gasteiger partial charge in [0.05, 0.1) is 34.9 Å². The minimum absolute atomic E-state index is 0.0186. The van der Waals surface area contributed by atoms with Gasteiger partial charge in [-0.15, -0.1) is 0 Å². The Kier molecular flexibility index (Phi) is 7.13. The number of benzene rings is 3. The summed E-state index contributed by atoms with van der Waals surface area (Å²) in [5, 5.41) is -0.202. The molecule has 3 rings (SSSR count). The molecule has 0 N–H and O–H groups in total. The summed E-state index contributed by atoms with van der Waals surface area (Å²) in [5.74, 6) is 0.216. The summed E-state index contributed by atoms with van der Waals surface area (Å²) in [5.41, 5.74) is -2.41. The Balaban J connectivity index is 2.34. The number of ether oxygens (including phenoxy) is 2. The van der Waals surface area contributed by atoms with Gasteiger partial charge in [-0.3, -0.25) is 9.59 Å². The van der Waals surface area contributed by atoms with E-state index in [9.17, 15) is 14.2 Å². The molecule has 0 fully saturated rings. The van der Waals surface area contributed by atoms with Gasteiger partial charge in [0.1, 0.15) is 17.1 Å². The lowest BCUT2D eigenvalue weighted by atomic mass is 10.2. The van der Waals surface area contributed by atoms with Crippen molar-refractivity contribution in [1.82, 2.24) is 0 Å². The first-order chi connectivity index (χ1) is 14.8. The number of halogens is 3. The standard InChI is InChI=1S/C22H16Cl3O5P/c1-29-16-9-6-10-17(30-2)19(16)22(27)31(28,13-7-4-3-5-8-13)21(26)18-14(23)11-12-15(24)20(18)25/h3-12H,1-2H3. The Hall–Kier alpha value is -2.30. The second-order valence-electron chi connectivity index (χ2n) is 6.31. The van der Waals surface area contributed by atoms with Crippen LogP contribution in [0, 0.1) is 0 Å². The lowest BCUT2D eigenvalue weighted by Crippen LogP contribution is -2.22. The molecular formula is C22H16Cl3O5P. The highest BCUT2D eigenvalue weighted by Gasteiger charge is 2.46. The number of hydrogen-bond acceptors (Lipinski definition) is 5. The lowest BCUT2D eigenvalue weighted by Gasteiger charge is -2.20. The highest BCUT2D eigenvalue weighted by Crippen LogP contribution is 2.55. The molecule has 0 amide bonds. The van der Waals surface area contributed by atoms with Crippen LogP contribution in [-0.2, 0) is 4.57 Å². The number of carbonyl (C=O) groups excluding carboxylic acids is 2. The Morgan fingerprint density at radius 1 is 0.710 bits per heavy atom. The van der Waals surface area contributed by atoms with Crippen LogP contribution in [-0.4, -0.2) is 25.3 Å². The van der Waals surface area contributed by atoms with Gasteiger partial charge >= 0.3 is 0 Å². The quantitative estimate of drug-likeness (QED) is 0.282. The maximum atomic E-state index is 14.4. The zero-order valence-electron chi connectivity index (χ0n) is 16.4. The van der Waals surface area contributed by atoms with Gasteiger partial charge in [0, 0.05) is 5.30 Å². The van der Waals surface area contributed by atoms with Crippen LogP contribution in [0.2, 0.25) is 15.1 Å². The molecule has 0 aliphatic carbocycles. The molecule has 5 nitrogen and oxygen atoms in total. The van der Waals surface area contributed by atoms with Crippen molar-refractivity contribution >= 4 is 58.3 Å². The second kappa shape index (κ2) is 9.46. The zero-order valence-corrected chi connectivity index (χ0v) is 19.6. The molecule has 0 bridgehead atoms. The Morgan fingerprint density at radius 2 is 1.23 bits per heavy atom. The average Bonchev–Trinajstić information content (AvgIpc) is 2.80. The van der Waals surface area contributed by atoms with E-state index in [0.717, 1.165) is 0 Å². The molecule has 1 atom stereocenters. The third-order valence-electron chi connectivity index (χ3n) is 4.59. The van der Waals surface area contributed by atoms with Gasteiger partial charge in [-0.2, -0.15) is 0 Å². The SMILES string of the molecule is COc1cccc(OC)c1C(=O)P(=O)(C(=O)c1c(Cl)ccc(Cl)c1Cl)c1ccccc1. The third kappa shape index (κ3) is 4.11. The van der Waals surface area contributed by atoms with Gasteiger partial charge in [-0.05, 0) is 24.3 Å². The predicted octanol–water partition coefficient (Wildman–Crippen LogP) is 6.33. The van der Waals surface area contributed by atoms with Gasteiger partial charge in [0.25, 0.3) is 0 Å². The monoisotopic (exact) mass is 496 g/mol. The van der Waals surface area contributed by atoms with Crippen molar-refractivity contribution in [2.45, 2.75) is 0 Å². The van der Waals surface area contributed by atoms with Gasteiger partial charge in [-0.25, -0.2) is 0 Å². The molecule has 31 heavy (non-hydrogen) atoms. The molecule has 9 heteroatoms. The minimum Gasteiger partial charge on any atom is -0.496 e. The van der Waals surface area contributed by atoms with E-state index in [1.54, 1.807) is 24.3 Å². The summed E-state index contributed by atoms with van der Waals surface area (Å²) in [6, 6.07) is 15.1. The van der Waals surface area contributed by atoms with Crippen molar-refractivity contribution in [2.75, 3.05) is 14.2 Å². The maximum absolute atomic E-state index is 14.4. The van der Waals surface area contributed by atoms with E-state index < -0.39 is 18.2 Å². The first kappa shape index (κ1) is 23.4. The van der Waals surface area contributed by atoms with E-state index in [2.05, 4.69) is 0 Å². The molecule has 0 aromatic heterocycles. The second-order valence-corrected chi connectivity index (χ2v) is 10.1. The van der Waals surface area contributed by atoms with E-state index in [1.165, 1.54) is 50.6 Å². The van der Waals surface area contributed by atoms with Gasteiger partial charge in [0.2, 0.25) is 18.2 Å². The van der Waals surface area contributed by atoms with Crippen molar-refractivity contribution in [2.24, 2.45) is 0 Å². The number of methoxy groups -OCH3 is 2. The minimum atomic E-state index is -4.52. The van der Waals surface area contributed by atoms with Crippen molar-refractivity contribution < 1.29 is 23.6 Å². The summed E-state index contributed by atoms with van der Waals surface area (Å²) < 4.78 is 25.0. The van der Waals surface area contributed by atoms with Crippen molar-refractivity contribution in [3.8, 4) is 11.5 Å². The first-order valence-corrected chi connectivity index (χ1v) is 11.7. The van der Waals surface area contributed by atoms with Crippen LogP contribution in [0.3, 0.4) is 0 Å². The fourth-order valence-electron chi connectivity index (χ4n) is 3.06. The van der Waals surface area contributed by atoms with Crippen LogP contribution in [0.25, 0.3) is 0 Å². The Morgan fingerprint density at radius 3 is 1.77 bits per heavy atom. The molecule has 0 aliphatic heterocycles. The molecule has 160 valence electrons. The molecular weight excluding hydrogens is 482 g/mol. The number of carbonyl (C=O) groups is 2. The van der Waals surface area contributed by atoms with Crippen LogP contribution in [0.4, 0.5) is 0 Å². The topological polar surface area (TPSA) is 69.7 Å². The highest BCUT2D eigenvalue weighted by atomic mass is 35.5. The Labute approximate surface area is 194 Å². The van der Waals surface area contributed by atoms with Gasteiger partial charge in [0.15, 0.2) is 0 Å². The zero-order chi connectivity index (χ0) is 22.8. The van der Waals surface area contributed by atoms with Gasteiger partial charge < -0.3 is 14.0 Å². The molecule has 0 spiro atoms. The number of rotatable bonds is 7. The molecule has 1 unspecified atom stereocenters. The average molecular weight is 498 g/mol. The highest BCUT2D eigenvalue weighted by molar-refractivity contribution is 8.01. The molecule has 0 saturated heterocycles. The van der Waals surface area contributed by atoms with E-state index in [-0.39, 0.29) is 43.0 Å². The van der Waals surface area contributed by atoms with E-state index in [1.807, 2.05) is 0 Å². The molecule has 0 heterocycles. The molecule has 0 saturated carbocycles. The summed E-state index contributed by atoms with van der Waals surface area (Å²) in [6.07, 6.45) is 0. The molecule has 0 radical (unpaired) electrons. The van der Waals surface area contributed by atoms with E-state index in [0.29, 0.717) is 0 Å². The van der Waals surface area contributed by atoms with Crippen LogP contribution in [0.1, 0.15) is 20.7 Å². The smallest absolute Gasteiger partial charge is 0.249 e. The Bertz CT molecular complexity index is 1190. The van der Waals surface area contributed by atoms with Crippen molar-refractivity contribution in [1.29, 1.82) is 0 Å². The van der Waals surface area contributed by atoms with Crippen LogP contribution >= 0.6 is 41.9 Å². The number of hydrogen-bond donors (Lipinski definition) is 0. The maximum Gasteiger partial charge on any atom is 0.249 e. The van der Waals surface area contributed by atoms with E-state index >= 15 is 0 Å². The fourth-order valence-corrected chi connectivity index (χ4v) is 6.22. The van der Waals surface area contributed by atoms with E-state index in [4.69, 9.17) is 44.3 Å². The lowest BCUT2D eigenvalue weighted by molar-refractivity contribution is 0.103. The third-order valence-corrected chi connectivity index (χ3v) is 8.33. The summed E-state index contributed by atoms with van der Waals surface area (Å²) in [6.45, 7) is 0. The fraction of sp³-hybridized carbons (Fsp3) is 0.0909. The van der Waals surface area contributed by atoms with Gasteiger partial charge in [-0.1, -0.05) is 71.2 Å². The summed E-state index contributed by atoms with van der Waals surface area (Å²) >= 11 is 18.5.